The number of hydrogen-bond donors (Lipinski definition) is 2. The summed E-state index contributed by atoms with van der Waals surface area (Å²) in [5.74, 6) is 1.93. The lowest BCUT2D eigenvalue weighted by atomic mass is 10.1. The smallest absolute Gasteiger partial charge is 0.133 e. The van der Waals surface area contributed by atoms with Gasteiger partial charge in [0.05, 0.1) is 6.04 Å². The van der Waals surface area contributed by atoms with E-state index in [9.17, 15) is 4.39 Å². The highest BCUT2D eigenvalue weighted by atomic mass is 35.5. The zero-order valence-corrected chi connectivity index (χ0v) is 15.6. The van der Waals surface area contributed by atoms with E-state index in [2.05, 4.69) is 25.6 Å². The van der Waals surface area contributed by atoms with Crippen LogP contribution < -0.4 is 10.6 Å². The fraction of sp³-hybridized carbons (Fsp3) is 0.250. The van der Waals surface area contributed by atoms with Crippen LogP contribution in [0.4, 0.5) is 16.0 Å². The zero-order chi connectivity index (χ0) is 18.8. The fourth-order valence-electron chi connectivity index (χ4n) is 3.41. The van der Waals surface area contributed by atoms with Gasteiger partial charge in [-0.1, -0.05) is 29.8 Å². The van der Waals surface area contributed by atoms with Gasteiger partial charge >= 0.3 is 0 Å². The molecular formula is C20H19ClFN5. The number of halogens is 2. The van der Waals surface area contributed by atoms with E-state index in [-0.39, 0.29) is 11.9 Å². The van der Waals surface area contributed by atoms with Crippen molar-refractivity contribution in [2.75, 3.05) is 10.6 Å². The van der Waals surface area contributed by atoms with Gasteiger partial charge in [0.15, 0.2) is 0 Å². The molecule has 3 aromatic rings. The van der Waals surface area contributed by atoms with Gasteiger partial charge in [-0.3, -0.25) is 0 Å². The fourth-order valence-corrected chi connectivity index (χ4v) is 3.59. The molecule has 1 aliphatic rings. The van der Waals surface area contributed by atoms with Gasteiger partial charge in [-0.2, -0.15) is 0 Å². The first-order chi connectivity index (χ1) is 13.1. The third-order valence-electron chi connectivity index (χ3n) is 4.67. The molecule has 1 unspecified atom stereocenters. The summed E-state index contributed by atoms with van der Waals surface area (Å²) in [7, 11) is 0. The van der Waals surface area contributed by atoms with Crippen LogP contribution in [0.25, 0.3) is 0 Å². The van der Waals surface area contributed by atoms with Crippen LogP contribution >= 0.6 is 11.6 Å². The van der Waals surface area contributed by atoms with Crippen molar-refractivity contribution in [1.29, 1.82) is 0 Å². The van der Waals surface area contributed by atoms with Crippen molar-refractivity contribution in [3.63, 3.8) is 0 Å². The number of hydrogen-bond acceptors (Lipinski definition) is 5. The van der Waals surface area contributed by atoms with Crippen LogP contribution in [0.5, 0.6) is 0 Å². The van der Waals surface area contributed by atoms with Crippen molar-refractivity contribution < 1.29 is 4.39 Å². The summed E-state index contributed by atoms with van der Waals surface area (Å²) in [5, 5.41) is 7.15. The van der Waals surface area contributed by atoms with Gasteiger partial charge in [0.25, 0.3) is 0 Å². The number of anilines is 2. The quantitative estimate of drug-likeness (QED) is 0.626. The van der Waals surface area contributed by atoms with E-state index < -0.39 is 0 Å². The molecule has 1 aromatic carbocycles. The van der Waals surface area contributed by atoms with E-state index in [0.717, 1.165) is 29.5 Å². The maximum atomic E-state index is 13.9. The molecule has 7 heteroatoms. The highest BCUT2D eigenvalue weighted by Crippen LogP contribution is 2.35. The Hall–Kier alpha value is -2.73. The van der Waals surface area contributed by atoms with Gasteiger partial charge in [-0.05, 0) is 43.0 Å². The minimum atomic E-state index is -0.133. The largest absolute Gasteiger partial charge is 0.366 e. The maximum Gasteiger partial charge on any atom is 0.133 e. The summed E-state index contributed by atoms with van der Waals surface area (Å²) in [6.07, 6.45) is 3.23. The monoisotopic (exact) mass is 383 g/mol. The molecule has 0 saturated heterocycles. The van der Waals surface area contributed by atoms with E-state index in [1.807, 2.05) is 31.2 Å². The predicted molar refractivity (Wildman–Crippen MR) is 104 cm³/mol. The van der Waals surface area contributed by atoms with Crippen molar-refractivity contribution >= 4 is 23.2 Å². The highest BCUT2D eigenvalue weighted by molar-refractivity contribution is 6.30. The molecule has 0 amide bonds. The molecule has 138 valence electrons. The van der Waals surface area contributed by atoms with E-state index in [1.54, 1.807) is 12.3 Å². The standard InChI is InChI=1S/C20H19ClFN5/c1-12-25-18(24-11-13-4-3-9-23-20(13)21)10-19(26-12)27-17-8-7-14-15(17)5-2-6-16(14)22/h2-6,9-10,17H,7-8,11H2,1H3,(H2,24,25,26,27). The van der Waals surface area contributed by atoms with Crippen LogP contribution in [0, 0.1) is 12.7 Å². The number of rotatable bonds is 5. The molecular weight excluding hydrogens is 365 g/mol. The average molecular weight is 384 g/mol. The molecule has 0 radical (unpaired) electrons. The van der Waals surface area contributed by atoms with E-state index in [0.29, 0.717) is 29.2 Å². The van der Waals surface area contributed by atoms with Gasteiger partial charge in [-0.25, -0.2) is 19.3 Å². The number of benzene rings is 1. The van der Waals surface area contributed by atoms with Gasteiger partial charge in [0.2, 0.25) is 0 Å². The van der Waals surface area contributed by atoms with E-state index in [1.165, 1.54) is 6.07 Å². The SMILES string of the molecule is Cc1nc(NCc2cccnc2Cl)cc(NC2CCc3c(F)cccc32)n1. The second-order valence-corrected chi connectivity index (χ2v) is 6.89. The van der Waals surface area contributed by atoms with E-state index in [4.69, 9.17) is 11.6 Å². The number of aromatic nitrogens is 3. The molecule has 0 aliphatic heterocycles. The summed E-state index contributed by atoms with van der Waals surface area (Å²) in [4.78, 5) is 13.0. The molecule has 2 heterocycles. The average Bonchev–Trinajstić information content (AvgIpc) is 3.05. The predicted octanol–water partition coefficient (Wildman–Crippen LogP) is 4.68. The Morgan fingerprint density at radius 1 is 1.19 bits per heavy atom. The van der Waals surface area contributed by atoms with Crippen molar-refractivity contribution in [2.45, 2.75) is 32.4 Å². The van der Waals surface area contributed by atoms with Crippen LogP contribution in [-0.4, -0.2) is 15.0 Å². The molecule has 4 rings (SSSR count). The molecule has 0 saturated carbocycles. The van der Waals surface area contributed by atoms with Crippen LogP contribution in [-0.2, 0) is 13.0 Å². The summed E-state index contributed by atoms with van der Waals surface area (Å²) >= 11 is 6.10. The van der Waals surface area contributed by atoms with Crippen molar-refractivity contribution in [2.24, 2.45) is 0 Å². The lowest BCUT2D eigenvalue weighted by Gasteiger charge is -2.16. The van der Waals surface area contributed by atoms with Crippen LogP contribution in [0.1, 0.15) is 35.0 Å². The molecule has 1 atom stereocenters. The Kier molecular flexibility index (Phi) is 4.90. The number of nitrogens with one attached hydrogen (secondary N) is 2. The topological polar surface area (TPSA) is 62.7 Å². The Morgan fingerprint density at radius 2 is 2.04 bits per heavy atom. The molecule has 1 aliphatic carbocycles. The van der Waals surface area contributed by atoms with E-state index >= 15 is 0 Å². The number of nitrogens with zero attached hydrogens (tertiary/aromatic N) is 3. The first-order valence-corrected chi connectivity index (χ1v) is 9.21. The maximum absolute atomic E-state index is 13.9. The van der Waals surface area contributed by atoms with Crippen molar-refractivity contribution in [1.82, 2.24) is 15.0 Å². The Labute approximate surface area is 162 Å². The summed E-state index contributed by atoms with van der Waals surface area (Å²) in [5.41, 5.74) is 2.69. The molecule has 27 heavy (non-hydrogen) atoms. The van der Waals surface area contributed by atoms with Gasteiger partial charge < -0.3 is 10.6 Å². The summed E-state index contributed by atoms with van der Waals surface area (Å²) < 4.78 is 13.9. The molecule has 0 spiro atoms. The Bertz CT molecular complexity index is 978. The minimum absolute atomic E-state index is 0.0469. The lowest BCUT2D eigenvalue weighted by Crippen LogP contribution is -2.11. The van der Waals surface area contributed by atoms with Crippen molar-refractivity contribution in [3.05, 3.63) is 76.1 Å². The summed E-state index contributed by atoms with van der Waals surface area (Å²) in [6, 6.07) is 10.9. The normalized spacial score (nSPS) is 15.4. The number of pyridine rings is 1. The first kappa shape index (κ1) is 17.7. The molecule has 2 aromatic heterocycles. The third kappa shape index (κ3) is 3.85. The molecule has 2 N–H and O–H groups in total. The molecule has 5 nitrogen and oxygen atoms in total. The summed E-state index contributed by atoms with van der Waals surface area (Å²) in [6.45, 7) is 2.36. The third-order valence-corrected chi connectivity index (χ3v) is 5.01. The first-order valence-electron chi connectivity index (χ1n) is 8.83. The molecule has 0 fully saturated rings. The second kappa shape index (κ2) is 7.48. The Balaban J connectivity index is 1.50. The van der Waals surface area contributed by atoms with Gasteiger partial charge in [0.1, 0.15) is 28.4 Å². The number of aryl methyl sites for hydroxylation is 1. The minimum Gasteiger partial charge on any atom is -0.366 e. The van der Waals surface area contributed by atoms with Crippen molar-refractivity contribution in [3.8, 4) is 0 Å². The van der Waals surface area contributed by atoms with Crippen LogP contribution in [0.2, 0.25) is 5.15 Å². The molecule has 0 bridgehead atoms. The highest BCUT2D eigenvalue weighted by Gasteiger charge is 2.25. The number of fused-ring (bicyclic) bond motifs is 1. The van der Waals surface area contributed by atoms with Gasteiger partial charge in [0, 0.05) is 24.4 Å². The van der Waals surface area contributed by atoms with Crippen LogP contribution in [0.15, 0.2) is 42.6 Å². The second-order valence-electron chi connectivity index (χ2n) is 6.54. The lowest BCUT2D eigenvalue weighted by molar-refractivity contribution is 0.612. The zero-order valence-electron chi connectivity index (χ0n) is 14.8. The van der Waals surface area contributed by atoms with Gasteiger partial charge in [-0.15, -0.1) is 0 Å². The Morgan fingerprint density at radius 3 is 2.89 bits per heavy atom. The van der Waals surface area contributed by atoms with Crippen LogP contribution in [0.3, 0.4) is 0 Å².